The molecule has 0 amide bonds. The monoisotopic (exact) mass is 192 g/mol. The van der Waals surface area contributed by atoms with E-state index in [9.17, 15) is 0 Å². The zero-order valence-corrected chi connectivity index (χ0v) is 8.32. The zero-order chi connectivity index (χ0) is 10.3. The van der Waals surface area contributed by atoms with Gasteiger partial charge >= 0.3 is 7.12 Å². The molecule has 0 aromatic heterocycles. The molecular formula is C10H13BO3. The van der Waals surface area contributed by atoms with Gasteiger partial charge in [0.05, 0.1) is 6.61 Å². The van der Waals surface area contributed by atoms with E-state index >= 15 is 0 Å². The van der Waals surface area contributed by atoms with Gasteiger partial charge in [0.2, 0.25) is 0 Å². The second kappa shape index (κ2) is 3.00. The molecule has 14 heavy (non-hydrogen) atoms. The first kappa shape index (κ1) is 9.56. The Labute approximate surface area is 83.5 Å². The minimum atomic E-state index is -1.46. The Hall–Kier alpha value is -0.995. The molecule has 0 saturated heterocycles. The molecule has 0 bridgehead atoms. The van der Waals surface area contributed by atoms with Crippen molar-refractivity contribution in [3.8, 4) is 5.75 Å². The second-order valence-electron chi connectivity index (χ2n) is 4.27. The van der Waals surface area contributed by atoms with Gasteiger partial charge in [0.15, 0.2) is 0 Å². The average Bonchev–Trinajstić information content (AvgIpc) is 2.42. The Kier molecular flexibility index (Phi) is 2.05. The van der Waals surface area contributed by atoms with Crippen molar-refractivity contribution >= 4 is 12.6 Å². The molecular weight excluding hydrogens is 179 g/mol. The van der Waals surface area contributed by atoms with Crippen LogP contribution in [0.1, 0.15) is 19.4 Å². The second-order valence-corrected chi connectivity index (χ2v) is 4.27. The van der Waals surface area contributed by atoms with Gasteiger partial charge in [0.25, 0.3) is 0 Å². The van der Waals surface area contributed by atoms with Crippen molar-refractivity contribution < 1.29 is 14.8 Å². The van der Waals surface area contributed by atoms with E-state index in [0.717, 1.165) is 5.56 Å². The van der Waals surface area contributed by atoms with Crippen molar-refractivity contribution in [3.63, 3.8) is 0 Å². The van der Waals surface area contributed by atoms with Gasteiger partial charge in [-0.15, -0.1) is 0 Å². The average molecular weight is 192 g/mol. The molecule has 2 N–H and O–H groups in total. The largest absolute Gasteiger partial charge is 0.493 e. The Morgan fingerprint density at radius 2 is 2.07 bits per heavy atom. The van der Waals surface area contributed by atoms with E-state index in [1.54, 1.807) is 6.07 Å². The maximum absolute atomic E-state index is 9.13. The van der Waals surface area contributed by atoms with E-state index in [-0.39, 0.29) is 5.41 Å². The first-order valence-electron chi connectivity index (χ1n) is 4.65. The number of hydrogen-bond donors (Lipinski definition) is 2. The van der Waals surface area contributed by atoms with Crippen LogP contribution < -0.4 is 10.2 Å². The standard InChI is InChI=1S/C10H13BO3/c1-10(2)6-14-9-7(10)4-3-5-8(9)11(12)13/h3-5,12-13H,6H2,1-2H3. The van der Waals surface area contributed by atoms with Crippen molar-refractivity contribution in [2.24, 2.45) is 0 Å². The highest BCUT2D eigenvalue weighted by Gasteiger charge is 2.34. The predicted molar refractivity (Wildman–Crippen MR) is 54.8 cm³/mol. The molecule has 0 spiro atoms. The summed E-state index contributed by atoms with van der Waals surface area (Å²) in [6, 6.07) is 5.46. The molecule has 0 radical (unpaired) electrons. The Morgan fingerprint density at radius 3 is 2.71 bits per heavy atom. The van der Waals surface area contributed by atoms with E-state index in [1.165, 1.54) is 0 Å². The van der Waals surface area contributed by atoms with Gasteiger partial charge in [-0.2, -0.15) is 0 Å². The number of hydrogen-bond acceptors (Lipinski definition) is 3. The van der Waals surface area contributed by atoms with Crippen molar-refractivity contribution in [1.82, 2.24) is 0 Å². The minimum Gasteiger partial charge on any atom is -0.493 e. The van der Waals surface area contributed by atoms with Crippen molar-refractivity contribution in [2.75, 3.05) is 6.61 Å². The lowest BCUT2D eigenvalue weighted by Crippen LogP contribution is -2.31. The van der Waals surface area contributed by atoms with Crippen LogP contribution in [0, 0.1) is 0 Å². The molecule has 1 aliphatic heterocycles. The molecule has 0 saturated carbocycles. The third kappa shape index (κ3) is 1.31. The summed E-state index contributed by atoms with van der Waals surface area (Å²) in [5, 5.41) is 18.3. The molecule has 4 heteroatoms. The van der Waals surface area contributed by atoms with Gasteiger partial charge in [-0.3, -0.25) is 0 Å². The fourth-order valence-electron chi connectivity index (χ4n) is 1.78. The molecule has 74 valence electrons. The smallest absolute Gasteiger partial charge is 0.492 e. The molecule has 1 heterocycles. The maximum Gasteiger partial charge on any atom is 0.492 e. The summed E-state index contributed by atoms with van der Waals surface area (Å²) in [5.41, 5.74) is 1.46. The zero-order valence-electron chi connectivity index (χ0n) is 8.32. The van der Waals surface area contributed by atoms with Gasteiger partial charge in [-0.25, -0.2) is 0 Å². The molecule has 0 atom stereocenters. The molecule has 0 fully saturated rings. The lowest BCUT2D eigenvalue weighted by atomic mass is 9.76. The fraction of sp³-hybridized carbons (Fsp3) is 0.400. The van der Waals surface area contributed by atoms with Crippen LogP contribution in [0.25, 0.3) is 0 Å². The summed E-state index contributed by atoms with van der Waals surface area (Å²) in [7, 11) is -1.46. The summed E-state index contributed by atoms with van der Waals surface area (Å²) < 4.78 is 5.49. The molecule has 1 aliphatic rings. The number of fused-ring (bicyclic) bond motifs is 1. The van der Waals surface area contributed by atoms with E-state index < -0.39 is 7.12 Å². The third-order valence-electron chi connectivity index (χ3n) is 2.63. The summed E-state index contributed by atoms with van der Waals surface area (Å²) in [6.45, 7) is 4.74. The first-order valence-corrected chi connectivity index (χ1v) is 4.65. The summed E-state index contributed by atoms with van der Waals surface area (Å²) in [6.07, 6.45) is 0. The summed E-state index contributed by atoms with van der Waals surface area (Å²) in [4.78, 5) is 0. The van der Waals surface area contributed by atoms with Crippen LogP contribution in [0.3, 0.4) is 0 Å². The highest BCUT2D eigenvalue weighted by atomic mass is 16.5. The quantitative estimate of drug-likeness (QED) is 0.617. The van der Waals surface area contributed by atoms with E-state index in [2.05, 4.69) is 13.8 Å². The van der Waals surface area contributed by atoms with E-state index in [0.29, 0.717) is 17.8 Å². The number of ether oxygens (including phenoxy) is 1. The maximum atomic E-state index is 9.13. The number of rotatable bonds is 1. The van der Waals surface area contributed by atoms with Gasteiger partial charge in [0.1, 0.15) is 5.75 Å². The van der Waals surface area contributed by atoms with Crippen LogP contribution in [-0.2, 0) is 5.41 Å². The van der Waals surface area contributed by atoms with Gasteiger partial charge in [0, 0.05) is 16.4 Å². The highest BCUT2D eigenvalue weighted by Crippen LogP contribution is 2.36. The fourth-order valence-corrected chi connectivity index (χ4v) is 1.78. The van der Waals surface area contributed by atoms with E-state index in [4.69, 9.17) is 14.8 Å². The van der Waals surface area contributed by atoms with Crippen LogP contribution in [0.15, 0.2) is 18.2 Å². The Balaban J connectivity index is 2.56. The SMILES string of the molecule is CC1(C)COc2c(B(O)O)cccc21. The summed E-state index contributed by atoms with van der Waals surface area (Å²) >= 11 is 0. The topological polar surface area (TPSA) is 49.7 Å². The lowest BCUT2D eigenvalue weighted by Gasteiger charge is -2.14. The van der Waals surface area contributed by atoms with E-state index in [1.807, 2.05) is 12.1 Å². The van der Waals surface area contributed by atoms with Crippen molar-refractivity contribution in [2.45, 2.75) is 19.3 Å². The minimum absolute atomic E-state index is 0.0414. The third-order valence-corrected chi connectivity index (χ3v) is 2.63. The Morgan fingerprint density at radius 1 is 1.36 bits per heavy atom. The van der Waals surface area contributed by atoms with Crippen LogP contribution in [0.5, 0.6) is 5.75 Å². The van der Waals surface area contributed by atoms with Crippen LogP contribution in [0.2, 0.25) is 0 Å². The van der Waals surface area contributed by atoms with Crippen LogP contribution >= 0.6 is 0 Å². The number of benzene rings is 1. The highest BCUT2D eigenvalue weighted by molar-refractivity contribution is 6.59. The summed E-state index contributed by atoms with van der Waals surface area (Å²) in [5.74, 6) is 0.632. The Bertz CT molecular complexity index is 360. The number of para-hydroxylation sites is 1. The first-order chi connectivity index (χ1) is 6.52. The molecule has 1 aromatic carbocycles. The molecule has 1 aromatic rings. The van der Waals surface area contributed by atoms with Crippen LogP contribution in [-0.4, -0.2) is 23.8 Å². The normalized spacial score (nSPS) is 17.4. The molecule has 0 unspecified atom stereocenters. The molecule has 2 rings (SSSR count). The van der Waals surface area contributed by atoms with Crippen molar-refractivity contribution in [3.05, 3.63) is 23.8 Å². The molecule has 0 aliphatic carbocycles. The van der Waals surface area contributed by atoms with Gasteiger partial charge in [-0.1, -0.05) is 32.0 Å². The predicted octanol–water partition coefficient (Wildman–Crippen LogP) is 0.0364. The lowest BCUT2D eigenvalue weighted by molar-refractivity contribution is 0.291. The molecule has 3 nitrogen and oxygen atoms in total. The van der Waals surface area contributed by atoms with Gasteiger partial charge < -0.3 is 14.8 Å². The van der Waals surface area contributed by atoms with Crippen LogP contribution in [0.4, 0.5) is 0 Å². The van der Waals surface area contributed by atoms with Crippen molar-refractivity contribution in [1.29, 1.82) is 0 Å². The van der Waals surface area contributed by atoms with Gasteiger partial charge in [-0.05, 0) is 0 Å².